The van der Waals surface area contributed by atoms with Gasteiger partial charge in [0.25, 0.3) is 5.91 Å². The Balaban J connectivity index is 1.82. The minimum Gasteiger partial charge on any atom is -0.363 e. The molecule has 0 radical (unpaired) electrons. The first kappa shape index (κ1) is 13.6. The van der Waals surface area contributed by atoms with Crippen molar-refractivity contribution in [2.45, 2.75) is 13.0 Å². The SMILES string of the molecule is CN(C)c1cc(C(=O)N2CCc3ccccc3C2)ccn1. The summed E-state index contributed by atoms with van der Waals surface area (Å²) in [6.45, 7) is 1.46. The monoisotopic (exact) mass is 281 g/mol. The molecule has 1 aliphatic heterocycles. The Labute approximate surface area is 125 Å². The lowest BCUT2D eigenvalue weighted by Crippen LogP contribution is -2.36. The summed E-state index contributed by atoms with van der Waals surface area (Å²) < 4.78 is 0. The number of hydrogen-bond donors (Lipinski definition) is 0. The molecule has 0 unspecified atom stereocenters. The van der Waals surface area contributed by atoms with E-state index < -0.39 is 0 Å². The van der Waals surface area contributed by atoms with Crippen molar-refractivity contribution in [2.24, 2.45) is 0 Å². The number of carbonyl (C=O) groups is 1. The molecule has 0 saturated carbocycles. The number of aromatic nitrogens is 1. The Morgan fingerprint density at radius 2 is 1.95 bits per heavy atom. The zero-order chi connectivity index (χ0) is 14.8. The van der Waals surface area contributed by atoms with Gasteiger partial charge in [0.15, 0.2) is 0 Å². The van der Waals surface area contributed by atoms with Gasteiger partial charge in [0, 0.05) is 38.9 Å². The summed E-state index contributed by atoms with van der Waals surface area (Å²) in [6.07, 6.45) is 2.62. The third-order valence-electron chi connectivity index (χ3n) is 3.87. The molecule has 4 nitrogen and oxygen atoms in total. The van der Waals surface area contributed by atoms with Crippen LogP contribution in [-0.2, 0) is 13.0 Å². The predicted molar refractivity (Wildman–Crippen MR) is 83.5 cm³/mol. The molecule has 0 fully saturated rings. The number of pyridine rings is 1. The summed E-state index contributed by atoms with van der Waals surface area (Å²) in [4.78, 5) is 20.7. The second kappa shape index (κ2) is 5.56. The normalized spacial score (nSPS) is 13.7. The molecule has 2 aromatic rings. The topological polar surface area (TPSA) is 36.4 Å². The van der Waals surface area contributed by atoms with Crippen LogP contribution >= 0.6 is 0 Å². The van der Waals surface area contributed by atoms with Gasteiger partial charge < -0.3 is 9.80 Å². The summed E-state index contributed by atoms with van der Waals surface area (Å²) in [5.74, 6) is 0.883. The second-order valence-corrected chi connectivity index (χ2v) is 5.54. The van der Waals surface area contributed by atoms with E-state index in [1.807, 2.05) is 36.0 Å². The van der Waals surface area contributed by atoms with Crippen LogP contribution in [0.2, 0.25) is 0 Å². The van der Waals surface area contributed by atoms with E-state index in [2.05, 4.69) is 23.2 Å². The summed E-state index contributed by atoms with van der Waals surface area (Å²) in [5, 5.41) is 0. The molecule has 0 spiro atoms. The lowest BCUT2D eigenvalue weighted by Gasteiger charge is -2.29. The highest BCUT2D eigenvalue weighted by Crippen LogP contribution is 2.21. The van der Waals surface area contributed by atoms with Crippen LogP contribution in [-0.4, -0.2) is 36.4 Å². The molecule has 3 rings (SSSR count). The van der Waals surface area contributed by atoms with E-state index in [1.165, 1.54) is 11.1 Å². The van der Waals surface area contributed by atoms with E-state index >= 15 is 0 Å². The average Bonchev–Trinajstić information content (AvgIpc) is 2.53. The van der Waals surface area contributed by atoms with Crippen molar-refractivity contribution >= 4 is 11.7 Å². The quantitative estimate of drug-likeness (QED) is 0.848. The second-order valence-electron chi connectivity index (χ2n) is 5.54. The molecule has 0 bridgehead atoms. The Bertz CT molecular complexity index is 667. The number of nitrogens with zero attached hydrogens (tertiary/aromatic N) is 3. The van der Waals surface area contributed by atoms with E-state index in [4.69, 9.17) is 0 Å². The van der Waals surface area contributed by atoms with Gasteiger partial charge >= 0.3 is 0 Å². The van der Waals surface area contributed by atoms with Crippen LogP contribution in [0.5, 0.6) is 0 Å². The summed E-state index contributed by atoms with van der Waals surface area (Å²) >= 11 is 0. The third kappa shape index (κ3) is 2.75. The standard InChI is InChI=1S/C17H19N3O/c1-19(2)16-11-14(7-9-18-16)17(21)20-10-8-13-5-3-4-6-15(13)12-20/h3-7,9,11H,8,10,12H2,1-2H3. The number of benzene rings is 1. The lowest BCUT2D eigenvalue weighted by molar-refractivity contribution is 0.0734. The van der Waals surface area contributed by atoms with Crippen molar-refractivity contribution in [1.29, 1.82) is 0 Å². The molecule has 0 atom stereocenters. The maximum Gasteiger partial charge on any atom is 0.254 e. The van der Waals surface area contributed by atoms with E-state index in [-0.39, 0.29) is 5.91 Å². The minimum absolute atomic E-state index is 0.0787. The fraction of sp³-hybridized carbons (Fsp3) is 0.294. The smallest absolute Gasteiger partial charge is 0.254 e. The Hall–Kier alpha value is -2.36. The van der Waals surface area contributed by atoms with Crippen molar-refractivity contribution in [3.05, 3.63) is 59.3 Å². The Morgan fingerprint density at radius 1 is 1.19 bits per heavy atom. The van der Waals surface area contributed by atoms with Gasteiger partial charge in [-0.15, -0.1) is 0 Å². The van der Waals surface area contributed by atoms with Crippen LogP contribution < -0.4 is 4.90 Å². The van der Waals surface area contributed by atoms with Gasteiger partial charge in [-0.3, -0.25) is 4.79 Å². The Kier molecular flexibility index (Phi) is 3.60. The molecule has 4 heteroatoms. The van der Waals surface area contributed by atoms with Crippen LogP contribution in [0.15, 0.2) is 42.6 Å². The van der Waals surface area contributed by atoms with Gasteiger partial charge in [-0.25, -0.2) is 4.98 Å². The number of rotatable bonds is 2. The molecular formula is C17H19N3O. The first-order chi connectivity index (χ1) is 10.1. The number of carbonyl (C=O) groups excluding carboxylic acids is 1. The number of hydrogen-bond acceptors (Lipinski definition) is 3. The molecule has 2 heterocycles. The van der Waals surface area contributed by atoms with Gasteiger partial charge in [-0.05, 0) is 29.7 Å². The highest BCUT2D eigenvalue weighted by Gasteiger charge is 2.21. The van der Waals surface area contributed by atoms with Gasteiger partial charge in [0.2, 0.25) is 0 Å². The van der Waals surface area contributed by atoms with Crippen molar-refractivity contribution in [1.82, 2.24) is 9.88 Å². The molecule has 21 heavy (non-hydrogen) atoms. The molecule has 108 valence electrons. The van der Waals surface area contributed by atoms with Gasteiger partial charge in [-0.2, -0.15) is 0 Å². The average molecular weight is 281 g/mol. The van der Waals surface area contributed by atoms with Crippen LogP contribution in [0.4, 0.5) is 5.82 Å². The summed E-state index contributed by atoms with van der Waals surface area (Å²) in [5.41, 5.74) is 3.30. The fourth-order valence-electron chi connectivity index (χ4n) is 2.65. The number of amides is 1. The third-order valence-corrected chi connectivity index (χ3v) is 3.87. The lowest BCUT2D eigenvalue weighted by atomic mass is 9.99. The highest BCUT2D eigenvalue weighted by molar-refractivity contribution is 5.95. The van der Waals surface area contributed by atoms with Crippen molar-refractivity contribution in [3.8, 4) is 0 Å². The van der Waals surface area contributed by atoms with Gasteiger partial charge in [0.1, 0.15) is 5.82 Å². The van der Waals surface area contributed by atoms with Crippen molar-refractivity contribution in [3.63, 3.8) is 0 Å². The van der Waals surface area contributed by atoms with Gasteiger partial charge in [0.05, 0.1) is 0 Å². The number of anilines is 1. The van der Waals surface area contributed by atoms with Crippen LogP contribution in [0.1, 0.15) is 21.5 Å². The fourth-order valence-corrected chi connectivity index (χ4v) is 2.65. The predicted octanol–water partition coefficient (Wildman–Crippen LogP) is 2.35. The maximum atomic E-state index is 12.7. The summed E-state index contributed by atoms with van der Waals surface area (Å²) in [7, 11) is 3.85. The van der Waals surface area contributed by atoms with Crippen molar-refractivity contribution in [2.75, 3.05) is 25.5 Å². The molecule has 0 aliphatic carbocycles. The maximum absolute atomic E-state index is 12.7. The molecule has 1 aliphatic rings. The van der Waals surface area contributed by atoms with Crippen molar-refractivity contribution < 1.29 is 4.79 Å². The minimum atomic E-state index is 0.0787. The van der Waals surface area contributed by atoms with E-state index in [0.717, 1.165) is 18.8 Å². The molecule has 1 aromatic carbocycles. The first-order valence-corrected chi connectivity index (χ1v) is 7.14. The van der Waals surface area contributed by atoms with Crippen LogP contribution in [0.25, 0.3) is 0 Å². The zero-order valence-corrected chi connectivity index (χ0v) is 12.4. The summed E-state index contributed by atoms with van der Waals surface area (Å²) in [6, 6.07) is 12.0. The van der Waals surface area contributed by atoms with E-state index in [0.29, 0.717) is 12.1 Å². The Morgan fingerprint density at radius 3 is 2.71 bits per heavy atom. The first-order valence-electron chi connectivity index (χ1n) is 7.14. The highest BCUT2D eigenvalue weighted by atomic mass is 16.2. The molecule has 0 N–H and O–H groups in total. The number of fused-ring (bicyclic) bond motifs is 1. The van der Waals surface area contributed by atoms with Gasteiger partial charge in [-0.1, -0.05) is 24.3 Å². The van der Waals surface area contributed by atoms with E-state index in [1.54, 1.807) is 12.3 Å². The van der Waals surface area contributed by atoms with Crippen LogP contribution in [0.3, 0.4) is 0 Å². The van der Waals surface area contributed by atoms with E-state index in [9.17, 15) is 4.79 Å². The largest absolute Gasteiger partial charge is 0.363 e. The molecule has 1 amide bonds. The van der Waals surface area contributed by atoms with Crippen LogP contribution in [0, 0.1) is 0 Å². The molecule has 0 saturated heterocycles. The molecular weight excluding hydrogens is 262 g/mol. The molecule has 1 aromatic heterocycles. The zero-order valence-electron chi connectivity index (χ0n) is 12.4.